The number of hydrogen-bond donors (Lipinski definition) is 0. The van der Waals surface area contributed by atoms with E-state index in [1.165, 1.54) is 24.5 Å². The second kappa shape index (κ2) is 10.9. The van der Waals surface area contributed by atoms with Crippen LogP contribution in [-0.2, 0) is 23.3 Å². The van der Waals surface area contributed by atoms with Gasteiger partial charge in [0.2, 0.25) is 0 Å². The zero-order valence-corrected chi connectivity index (χ0v) is 22.8. The van der Waals surface area contributed by atoms with E-state index in [0.29, 0.717) is 17.7 Å². The van der Waals surface area contributed by atoms with Crippen LogP contribution in [0.2, 0.25) is 18.1 Å². The Hall–Kier alpha value is -3.50. The number of ketones is 1. The number of halogens is 6. The Balaban J connectivity index is 2.00. The summed E-state index contributed by atoms with van der Waals surface area (Å²) in [5, 5.41) is 7.66. The normalized spacial score (nSPS) is 12.7. The topological polar surface area (TPSA) is 69.9 Å². The third kappa shape index (κ3) is 7.33. The van der Waals surface area contributed by atoms with Crippen LogP contribution in [0.25, 0.3) is 11.3 Å². The first-order valence-electron chi connectivity index (χ1n) is 11.7. The van der Waals surface area contributed by atoms with Crippen molar-refractivity contribution in [3.8, 4) is 23.1 Å². The predicted octanol–water partition coefficient (Wildman–Crippen LogP) is 6.63. The van der Waals surface area contributed by atoms with E-state index in [1.54, 1.807) is 0 Å². The molecule has 3 aromatic rings. The number of rotatable bonds is 6. The highest BCUT2D eigenvalue weighted by Gasteiger charge is 2.38. The molecule has 13 heteroatoms. The van der Waals surface area contributed by atoms with Crippen LogP contribution in [0, 0.1) is 11.8 Å². The van der Waals surface area contributed by atoms with Crippen molar-refractivity contribution in [1.29, 1.82) is 0 Å². The number of alkyl halides is 6. The molecule has 0 bridgehead atoms. The molecule has 0 aliphatic heterocycles. The molecule has 0 saturated heterocycles. The average molecular weight is 569 g/mol. The molecule has 3 rings (SSSR count). The van der Waals surface area contributed by atoms with Gasteiger partial charge in [0.15, 0.2) is 14.0 Å². The number of pyridine rings is 1. The predicted molar refractivity (Wildman–Crippen MR) is 134 cm³/mol. The fourth-order valence-corrected chi connectivity index (χ4v) is 4.13. The van der Waals surface area contributed by atoms with Crippen LogP contribution in [0.5, 0.6) is 0 Å². The van der Waals surface area contributed by atoms with Gasteiger partial charge in [0.25, 0.3) is 5.78 Å². The molecule has 0 aliphatic carbocycles. The van der Waals surface area contributed by atoms with Gasteiger partial charge in [-0.3, -0.25) is 9.78 Å². The third-order valence-corrected chi connectivity index (χ3v) is 10.9. The van der Waals surface area contributed by atoms with Crippen LogP contribution in [-0.4, -0.2) is 40.7 Å². The molecular weight excluding hydrogens is 542 g/mol. The van der Waals surface area contributed by atoms with Crippen molar-refractivity contribution in [2.45, 2.75) is 57.8 Å². The van der Waals surface area contributed by atoms with Gasteiger partial charge in [-0.2, -0.15) is 26.3 Å². The molecule has 0 atom stereocenters. The van der Waals surface area contributed by atoms with E-state index in [9.17, 15) is 31.1 Å². The first-order valence-corrected chi connectivity index (χ1v) is 14.6. The zero-order chi connectivity index (χ0) is 29.2. The molecule has 0 unspecified atom stereocenters. The minimum atomic E-state index is -5.00. The highest BCUT2D eigenvalue weighted by molar-refractivity contribution is 6.74. The van der Waals surface area contributed by atoms with Crippen LogP contribution in [0.3, 0.4) is 0 Å². The lowest BCUT2D eigenvalue weighted by molar-refractivity contribution is -0.143. The van der Waals surface area contributed by atoms with E-state index in [-0.39, 0.29) is 34.7 Å². The monoisotopic (exact) mass is 568 g/mol. The van der Waals surface area contributed by atoms with Gasteiger partial charge in [0.1, 0.15) is 5.69 Å². The number of carbonyl (C=O) groups is 1. The van der Waals surface area contributed by atoms with E-state index < -0.39 is 44.1 Å². The fourth-order valence-electron chi connectivity index (χ4n) is 3.26. The largest absolute Gasteiger partial charge is 0.416 e. The van der Waals surface area contributed by atoms with Crippen LogP contribution in [0.4, 0.5) is 26.3 Å². The molecule has 0 fully saturated rings. The van der Waals surface area contributed by atoms with Gasteiger partial charge in [-0.1, -0.05) is 31.9 Å². The van der Waals surface area contributed by atoms with Crippen molar-refractivity contribution in [3.63, 3.8) is 0 Å². The van der Waals surface area contributed by atoms with E-state index in [1.807, 2.05) is 13.1 Å². The molecular formula is C26H26F6N4O2Si. The summed E-state index contributed by atoms with van der Waals surface area (Å²) in [4.78, 5) is 16.8. The molecule has 0 aliphatic rings. The molecule has 0 N–H and O–H groups in total. The van der Waals surface area contributed by atoms with Crippen LogP contribution < -0.4 is 0 Å². The minimum Gasteiger partial charge on any atom is -0.406 e. The SMILES string of the molecule is CC(C)(C)[Si](C)(C)OCC#CC(=O)c1nnn(Cc2cc(C(F)(F)F)cc(C(F)(F)F)c2)c1-c1ccncc1. The van der Waals surface area contributed by atoms with Crippen molar-refractivity contribution in [3.05, 3.63) is 65.1 Å². The lowest BCUT2D eigenvalue weighted by atomic mass is 10.0. The van der Waals surface area contributed by atoms with Gasteiger partial charge >= 0.3 is 12.4 Å². The molecule has 1 aromatic carbocycles. The van der Waals surface area contributed by atoms with E-state index in [0.717, 1.165) is 4.68 Å². The average Bonchev–Trinajstić information content (AvgIpc) is 3.23. The van der Waals surface area contributed by atoms with Crippen molar-refractivity contribution in [1.82, 2.24) is 20.0 Å². The quantitative estimate of drug-likeness (QED) is 0.110. The number of hydrogen-bond acceptors (Lipinski definition) is 5. The van der Waals surface area contributed by atoms with Gasteiger partial charge in [0, 0.05) is 18.0 Å². The molecule has 2 aromatic heterocycles. The van der Waals surface area contributed by atoms with Gasteiger partial charge in [-0.15, -0.1) is 5.10 Å². The second-order valence-electron chi connectivity index (χ2n) is 10.3. The third-order valence-electron chi connectivity index (χ3n) is 6.40. The van der Waals surface area contributed by atoms with Gasteiger partial charge in [-0.25, -0.2) is 4.68 Å². The smallest absolute Gasteiger partial charge is 0.406 e. The Kier molecular flexibility index (Phi) is 8.42. The number of Topliss-reactive ketones (excluding diaryl/α,β-unsaturated/α-hetero) is 1. The molecule has 0 radical (unpaired) electrons. The summed E-state index contributed by atoms with van der Waals surface area (Å²) in [6.07, 6.45) is -7.19. The fraction of sp³-hybridized carbons (Fsp3) is 0.385. The van der Waals surface area contributed by atoms with Crippen LogP contribution in [0.1, 0.15) is 48.0 Å². The van der Waals surface area contributed by atoms with Crippen molar-refractivity contribution in [2.75, 3.05) is 6.61 Å². The number of carbonyl (C=O) groups excluding carboxylic acids is 1. The molecule has 6 nitrogen and oxygen atoms in total. The molecule has 39 heavy (non-hydrogen) atoms. The molecule has 0 amide bonds. The van der Waals surface area contributed by atoms with Gasteiger partial charge in [0.05, 0.1) is 24.3 Å². The summed E-state index contributed by atoms with van der Waals surface area (Å²) in [7, 11) is -2.11. The molecule has 0 spiro atoms. The summed E-state index contributed by atoms with van der Waals surface area (Å²) in [6, 6.07) is 4.27. The minimum absolute atomic E-state index is 0.00537. The highest BCUT2D eigenvalue weighted by Crippen LogP contribution is 2.37. The summed E-state index contributed by atoms with van der Waals surface area (Å²) < 4.78 is 87.0. The van der Waals surface area contributed by atoms with E-state index in [2.05, 4.69) is 47.9 Å². The second-order valence-corrected chi connectivity index (χ2v) is 15.1. The van der Waals surface area contributed by atoms with Crippen LogP contribution >= 0.6 is 0 Å². The summed E-state index contributed by atoms with van der Waals surface area (Å²) in [5.41, 5.74) is -2.99. The molecule has 2 heterocycles. The lowest BCUT2D eigenvalue weighted by Crippen LogP contribution is -2.40. The van der Waals surface area contributed by atoms with Gasteiger partial charge < -0.3 is 4.43 Å². The standard InChI is InChI=1S/C26H26F6N4O2Si/c1-24(2,3)39(4,5)38-12-6-7-21(37)22-23(18-8-10-33-11-9-18)36(35-34-22)16-17-13-19(25(27,28)29)15-20(14-17)26(30,31)32/h8-11,13-15H,12,16H2,1-5H3. The highest BCUT2D eigenvalue weighted by atomic mass is 28.4. The Morgan fingerprint density at radius 1 is 0.974 bits per heavy atom. The van der Waals surface area contributed by atoms with Gasteiger partial charge in [-0.05, 0) is 59.9 Å². The first kappa shape index (κ1) is 30.0. The molecule has 0 saturated carbocycles. The molecule has 208 valence electrons. The van der Waals surface area contributed by atoms with Crippen molar-refractivity contribution < 1.29 is 35.6 Å². The van der Waals surface area contributed by atoms with Crippen molar-refractivity contribution >= 4 is 14.1 Å². The Morgan fingerprint density at radius 3 is 2.05 bits per heavy atom. The summed E-state index contributed by atoms with van der Waals surface area (Å²) in [5.74, 6) is 4.39. The summed E-state index contributed by atoms with van der Waals surface area (Å²) >= 11 is 0. The number of benzene rings is 1. The zero-order valence-electron chi connectivity index (χ0n) is 21.8. The number of aromatic nitrogens is 4. The van der Waals surface area contributed by atoms with E-state index >= 15 is 0 Å². The lowest BCUT2D eigenvalue weighted by Gasteiger charge is -2.35. The maximum absolute atomic E-state index is 13.3. The maximum atomic E-state index is 13.3. The van der Waals surface area contributed by atoms with Crippen molar-refractivity contribution in [2.24, 2.45) is 0 Å². The first-order chi connectivity index (χ1) is 17.9. The number of nitrogens with zero attached hydrogens (tertiary/aromatic N) is 4. The maximum Gasteiger partial charge on any atom is 0.416 e. The Bertz CT molecular complexity index is 1370. The Labute approximate surface area is 222 Å². The Morgan fingerprint density at radius 2 is 1.54 bits per heavy atom. The van der Waals surface area contributed by atoms with Crippen LogP contribution in [0.15, 0.2) is 42.7 Å². The van der Waals surface area contributed by atoms with E-state index in [4.69, 9.17) is 4.43 Å². The summed E-state index contributed by atoms with van der Waals surface area (Å²) in [6.45, 7) is 9.71.